The summed E-state index contributed by atoms with van der Waals surface area (Å²) in [6.07, 6.45) is 4.36. The number of guanidine groups is 1. The molecule has 2 fully saturated rings. The Labute approximate surface area is 168 Å². The van der Waals surface area contributed by atoms with Gasteiger partial charge in [-0.25, -0.2) is 0 Å². The summed E-state index contributed by atoms with van der Waals surface area (Å²) in [6.45, 7) is 5.68. The molecule has 2 heterocycles. The molecule has 2 aliphatic heterocycles. The fourth-order valence-electron chi connectivity index (χ4n) is 3.59. The van der Waals surface area contributed by atoms with Crippen molar-refractivity contribution in [3.8, 4) is 0 Å². The highest BCUT2D eigenvalue weighted by Crippen LogP contribution is 2.34. The van der Waals surface area contributed by atoms with Gasteiger partial charge in [0.15, 0.2) is 5.96 Å². The Bertz CT molecular complexity index is 539. The molecule has 2 N–H and O–H groups in total. The van der Waals surface area contributed by atoms with E-state index in [9.17, 15) is 0 Å². The van der Waals surface area contributed by atoms with Crippen molar-refractivity contribution in [1.82, 2.24) is 15.5 Å². The number of likely N-dealkylation sites (N-methyl/N-ethyl adjacent to an activating group) is 1. The molecule has 3 rings (SSSR count). The quantitative estimate of drug-likeness (QED) is 0.375. The summed E-state index contributed by atoms with van der Waals surface area (Å²) in [4.78, 5) is 7.05. The molecule has 2 aliphatic rings. The number of hydrogen-bond donors (Lipinski definition) is 2. The summed E-state index contributed by atoms with van der Waals surface area (Å²) in [5, 5.41) is 6.92. The topological polar surface area (TPSA) is 48.9 Å². The lowest BCUT2D eigenvalue weighted by Gasteiger charge is -2.23. The van der Waals surface area contributed by atoms with Crippen LogP contribution in [0.25, 0.3) is 0 Å². The molecule has 0 aromatic heterocycles. The first-order valence-corrected chi connectivity index (χ1v) is 9.17. The molecule has 2 saturated heterocycles. The number of halogens is 1. The minimum atomic E-state index is 0. The van der Waals surface area contributed by atoms with Crippen LogP contribution in [0.3, 0.4) is 0 Å². The molecule has 0 aliphatic carbocycles. The van der Waals surface area contributed by atoms with Gasteiger partial charge in [0.1, 0.15) is 0 Å². The molecule has 0 spiro atoms. The molecule has 25 heavy (non-hydrogen) atoms. The number of benzene rings is 1. The molecule has 0 radical (unpaired) electrons. The lowest BCUT2D eigenvalue weighted by atomic mass is 9.96. The maximum atomic E-state index is 5.92. The number of nitrogens with one attached hydrogen (secondary N) is 2. The van der Waals surface area contributed by atoms with Crippen molar-refractivity contribution in [3.63, 3.8) is 0 Å². The SMILES string of the molecule is CCNC(=NCCN(C)Cc1ccccc1)NC1CC2CCC1O2.I. The van der Waals surface area contributed by atoms with E-state index >= 15 is 0 Å². The first kappa shape index (κ1) is 20.5. The molecular weight excluding hydrogens is 427 g/mol. The van der Waals surface area contributed by atoms with Crippen molar-refractivity contribution in [2.24, 2.45) is 4.99 Å². The summed E-state index contributed by atoms with van der Waals surface area (Å²) < 4.78 is 5.92. The number of rotatable bonds is 7. The summed E-state index contributed by atoms with van der Waals surface area (Å²) in [5.41, 5.74) is 1.34. The Morgan fingerprint density at radius 2 is 2.08 bits per heavy atom. The highest BCUT2D eigenvalue weighted by atomic mass is 127. The summed E-state index contributed by atoms with van der Waals surface area (Å²) in [7, 11) is 2.15. The van der Waals surface area contributed by atoms with E-state index in [1.54, 1.807) is 0 Å². The first-order chi connectivity index (χ1) is 11.7. The Morgan fingerprint density at radius 1 is 1.28 bits per heavy atom. The van der Waals surface area contributed by atoms with Crippen LogP contribution in [0.5, 0.6) is 0 Å². The maximum Gasteiger partial charge on any atom is 0.191 e. The van der Waals surface area contributed by atoms with Gasteiger partial charge in [-0.3, -0.25) is 4.99 Å². The maximum absolute atomic E-state index is 5.92. The van der Waals surface area contributed by atoms with E-state index in [0.717, 1.165) is 38.6 Å². The molecule has 1 aromatic carbocycles. The van der Waals surface area contributed by atoms with Crippen LogP contribution in [0, 0.1) is 0 Å². The van der Waals surface area contributed by atoms with Crippen molar-refractivity contribution in [2.45, 2.75) is 51.0 Å². The molecule has 0 amide bonds. The number of fused-ring (bicyclic) bond motifs is 2. The molecule has 5 nitrogen and oxygen atoms in total. The number of aliphatic imine (C=N–C) groups is 1. The average molecular weight is 458 g/mol. The van der Waals surface area contributed by atoms with Crippen LogP contribution >= 0.6 is 24.0 Å². The van der Waals surface area contributed by atoms with Crippen molar-refractivity contribution in [1.29, 1.82) is 0 Å². The van der Waals surface area contributed by atoms with Crippen LogP contribution in [-0.4, -0.2) is 55.8 Å². The van der Waals surface area contributed by atoms with Crippen LogP contribution in [0.1, 0.15) is 31.7 Å². The van der Waals surface area contributed by atoms with Crippen molar-refractivity contribution in [2.75, 3.05) is 26.7 Å². The second-order valence-corrected chi connectivity index (χ2v) is 6.84. The van der Waals surface area contributed by atoms with Crippen LogP contribution in [0.4, 0.5) is 0 Å². The lowest BCUT2D eigenvalue weighted by Crippen LogP contribution is -2.47. The Morgan fingerprint density at radius 3 is 2.72 bits per heavy atom. The third-order valence-corrected chi connectivity index (χ3v) is 4.82. The molecular formula is C19H31IN4O. The van der Waals surface area contributed by atoms with Crippen molar-refractivity contribution < 1.29 is 4.74 Å². The monoisotopic (exact) mass is 458 g/mol. The van der Waals surface area contributed by atoms with E-state index in [1.807, 2.05) is 0 Å². The van der Waals surface area contributed by atoms with Crippen LogP contribution in [0.2, 0.25) is 0 Å². The Balaban J connectivity index is 0.00000225. The van der Waals surface area contributed by atoms with E-state index in [1.165, 1.54) is 18.4 Å². The zero-order valence-electron chi connectivity index (χ0n) is 15.3. The van der Waals surface area contributed by atoms with Gasteiger partial charge >= 0.3 is 0 Å². The molecule has 0 saturated carbocycles. The van der Waals surface area contributed by atoms with E-state index in [-0.39, 0.29) is 24.0 Å². The molecule has 3 atom stereocenters. The van der Waals surface area contributed by atoms with Gasteiger partial charge in [0.2, 0.25) is 0 Å². The van der Waals surface area contributed by atoms with Crippen LogP contribution < -0.4 is 10.6 Å². The van der Waals surface area contributed by atoms with Gasteiger partial charge in [0.05, 0.1) is 24.8 Å². The number of hydrogen-bond acceptors (Lipinski definition) is 3. The van der Waals surface area contributed by atoms with Gasteiger partial charge in [0, 0.05) is 19.6 Å². The zero-order valence-corrected chi connectivity index (χ0v) is 17.6. The van der Waals surface area contributed by atoms with Crippen LogP contribution in [0.15, 0.2) is 35.3 Å². The third-order valence-electron chi connectivity index (χ3n) is 4.82. The van der Waals surface area contributed by atoms with Gasteiger partial charge in [-0.05, 0) is 38.8 Å². The molecule has 140 valence electrons. The van der Waals surface area contributed by atoms with E-state index in [0.29, 0.717) is 18.2 Å². The van der Waals surface area contributed by atoms with Crippen LogP contribution in [-0.2, 0) is 11.3 Å². The molecule has 2 bridgehead atoms. The van der Waals surface area contributed by atoms with Crippen molar-refractivity contribution in [3.05, 3.63) is 35.9 Å². The molecule has 3 unspecified atom stereocenters. The Kier molecular flexibility index (Phi) is 8.45. The van der Waals surface area contributed by atoms with E-state index < -0.39 is 0 Å². The van der Waals surface area contributed by atoms with Crippen molar-refractivity contribution >= 4 is 29.9 Å². The minimum absolute atomic E-state index is 0. The molecule has 1 aromatic rings. The minimum Gasteiger partial charge on any atom is -0.373 e. The van der Waals surface area contributed by atoms with Gasteiger partial charge in [-0.2, -0.15) is 0 Å². The highest BCUT2D eigenvalue weighted by molar-refractivity contribution is 14.0. The summed E-state index contributed by atoms with van der Waals surface area (Å²) >= 11 is 0. The summed E-state index contributed by atoms with van der Waals surface area (Å²) in [6, 6.07) is 11.0. The van der Waals surface area contributed by atoms with Gasteiger partial charge in [-0.15, -0.1) is 24.0 Å². The van der Waals surface area contributed by atoms with E-state index in [4.69, 9.17) is 9.73 Å². The second kappa shape index (κ2) is 10.3. The summed E-state index contributed by atoms with van der Waals surface area (Å²) in [5.74, 6) is 0.923. The predicted molar refractivity (Wildman–Crippen MR) is 114 cm³/mol. The Hall–Kier alpha value is -0.860. The number of nitrogens with zero attached hydrogens (tertiary/aromatic N) is 2. The normalized spacial score (nSPS) is 25.1. The fraction of sp³-hybridized carbons (Fsp3) is 0.632. The third kappa shape index (κ3) is 6.11. The molecule has 6 heteroatoms. The first-order valence-electron chi connectivity index (χ1n) is 9.17. The number of ether oxygens (including phenoxy) is 1. The standard InChI is InChI=1S/C19H30N4O.HI/c1-3-20-19(22-17-13-16-9-10-18(17)24-16)21-11-12-23(2)14-15-7-5-4-6-8-15;/h4-8,16-18H,3,9-14H2,1-2H3,(H2,20,21,22);1H. The van der Waals surface area contributed by atoms with Gasteiger partial charge in [0.25, 0.3) is 0 Å². The fourth-order valence-corrected chi connectivity index (χ4v) is 3.59. The van der Waals surface area contributed by atoms with E-state index in [2.05, 4.69) is 59.8 Å². The highest BCUT2D eigenvalue weighted by Gasteiger charge is 2.41. The predicted octanol–water partition coefficient (Wildman–Crippen LogP) is 2.61. The van der Waals surface area contributed by atoms with Gasteiger partial charge in [-0.1, -0.05) is 30.3 Å². The van der Waals surface area contributed by atoms with Gasteiger partial charge < -0.3 is 20.3 Å². The largest absolute Gasteiger partial charge is 0.373 e. The average Bonchev–Trinajstić information content (AvgIpc) is 3.19. The zero-order chi connectivity index (χ0) is 16.8. The smallest absolute Gasteiger partial charge is 0.191 e. The lowest BCUT2D eigenvalue weighted by molar-refractivity contribution is 0.0992. The second-order valence-electron chi connectivity index (χ2n) is 6.84.